The first-order chi connectivity index (χ1) is 10.8. The van der Waals surface area contributed by atoms with Gasteiger partial charge < -0.3 is 10.1 Å². The molecule has 10 heteroatoms. The van der Waals surface area contributed by atoms with Crippen molar-refractivity contribution in [3.05, 3.63) is 40.9 Å². The van der Waals surface area contributed by atoms with E-state index in [1.807, 2.05) is 0 Å². The molecular weight excluding hydrogens is 344 g/mol. The molecule has 0 spiro atoms. The molecule has 0 bridgehead atoms. The predicted molar refractivity (Wildman–Crippen MR) is 86.6 cm³/mol. The molecule has 1 heterocycles. The number of anilines is 3. The van der Waals surface area contributed by atoms with Gasteiger partial charge in [0.05, 0.1) is 29.6 Å². The number of carbonyl (C=O) groups is 1. The quantitative estimate of drug-likeness (QED) is 0.788. The molecule has 0 saturated carbocycles. The van der Waals surface area contributed by atoms with Crippen LogP contribution in [-0.2, 0) is 14.8 Å². The van der Waals surface area contributed by atoms with Crippen molar-refractivity contribution in [2.75, 3.05) is 23.4 Å². The Morgan fingerprint density at radius 2 is 1.83 bits per heavy atom. The highest BCUT2D eigenvalue weighted by Gasteiger charge is 2.10. The number of hydrogen-bond donors (Lipinski definition) is 2. The number of sulfonamides is 1. The smallest absolute Gasteiger partial charge is 0.337 e. The summed E-state index contributed by atoms with van der Waals surface area (Å²) in [5.74, 6) is -0.0797. The molecule has 0 aliphatic heterocycles. The van der Waals surface area contributed by atoms with Crippen molar-refractivity contribution >= 4 is 44.9 Å². The Hall–Kier alpha value is -2.39. The van der Waals surface area contributed by atoms with Gasteiger partial charge in [0.1, 0.15) is 0 Å². The van der Waals surface area contributed by atoms with E-state index in [1.54, 1.807) is 6.07 Å². The normalized spacial score (nSPS) is 10.9. The molecule has 23 heavy (non-hydrogen) atoms. The summed E-state index contributed by atoms with van der Waals surface area (Å²) in [6.07, 6.45) is 1.01. The fourth-order valence-electron chi connectivity index (χ4n) is 1.65. The van der Waals surface area contributed by atoms with E-state index in [1.165, 1.54) is 31.4 Å². The average Bonchev–Trinajstić information content (AvgIpc) is 2.49. The summed E-state index contributed by atoms with van der Waals surface area (Å²) in [6, 6.07) is 7.54. The lowest BCUT2D eigenvalue weighted by molar-refractivity contribution is 0.0601. The maximum absolute atomic E-state index is 11.5. The van der Waals surface area contributed by atoms with Crippen LogP contribution in [0, 0.1) is 0 Å². The fourth-order valence-corrected chi connectivity index (χ4v) is 2.30. The number of rotatable bonds is 5. The molecule has 2 rings (SSSR count). The van der Waals surface area contributed by atoms with E-state index in [0.717, 1.165) is 6.26 Å². The molecule has 0 amide bonds. The van der Waals surface area contributed by atoms with E-state index in [2.05, 4.69) is 25.0 Å². The van der Waals surface area contributed by atoms with Crippen molar-refractivity contribution in [1.29, 1.82) is 0 Å². The van der Waals surface area contributed by atoms with Gasteiger partial charge in [-0.05, 0) is 30.3 Å². The molecule has 1 aromatic carbocycles. The first-order valence-electron chi connectivity index (χ1n) is 6.25. The van der Waals surface area contributed by atoms with Gasteiger partial charge in [0, 0.05) is 0 Å². The summed E-state index contributed by atoms with van der Waals surface area (Å²) in [5, 5.41) is 10.8. The number of methoxy groups -OCH3 is 1. The number of esters is 1. The molecule has 2 N–H and O–H groups in total. The number of benzene rings is 1. The Bertz CT molecular complexity index is 824. The van der Waals surface area contributed by atoms with Crippen LogP contribution >= 0.6 is 11.6 Å². The van der Waals surface area contributed by atoms with Gasteiger partial charge in [-0.15, -0.1) is 10.2 Å². The van der Waals surface area contributed by atoms with E-state index in [9.17, 15) is 13.2 Å². The number of nitrogens with one attached hydrogen (secondary N) is 2. The zero-order valence-electron chi connectivity index (χ0n) is 12.2. The van der Waals surface area contributed by atoms with Crippen molar-refractivity contribution in [2.24, 2.45) is 0 Å². The van der Waals surface area contributed by atoms with Crippen molar-refractivity contribution in [2.45, 2.75) is 0 Å². The van der Waals surface area contributed by atoms with Crippen LogP contribution in [0.15, 0.2) is 30.3 Å². The van der Waals surface area contributed by atoms with Gasteiger partial charge in [-0.3, -0.25) is 4.72 Å². The standard InChI is InChI=1S/C13H13ClN4O4S/c1-22-13(19)8-3-4-9(14)10(7-8)15-11-5-6-12(17-16-11)18-23(2,20)21/h3-7H,1-2H3,(H,15,16)(H,17,18). The monoisotopic (exact) mass is 356 g/mol. The second-order valence-corrected chi connectivity index (χ2v) is 6.64. The minimum Gasteiger partial charge on any atom is -0.465 e. The van der Waals surface area contributed by atoms with E-state index >= 15 is 0 Å². The lowest BCUT2D eigenvalue weighted by Gasteiger charge is -2.09. The van der Waals surface area contributed by atoms with Gasteiger partial charge in [-0.25, -0.2) is 13.2 Å². The number of nitrogens with zero attached hydrogens (tertiary/aromatic N) is 2. The van der Waals surface area contributed by atoms with E-state index in [-0.39, 0.29) is 5.82 Å². The Morgan fingerprint density at radius 3 is 2.39 bits per heavy atom. The lowest BCUT2D eigenvalue weighted by atomic mass is 10.2. The van der Waals surface area contributed by atoms with Crippen LogP contribution in [0.5, 0.6) is 0 Å². The van der Waals surface area contributed by atoms with Crippen molar-refractivity contribution < 1.29 is 17.9 Å². The third kappa shape index (κ3) is 4.80. The molecule has 0 atom stereocenters. The van der Waals surface area contributed by atoms with Crippen LogP contribution in [0.1, 0.15) is 10.4 Å². The largest absolute Gasteiger partial charge is 0.465 e. The van der Waals surface area contributed by atoms with Crippen LogP contribution in [0.2, 0.25) is 5.02 Å². The summed E-state index contributed by atoms with van der Waals surface area (Å²) in [5.41, 5.74) is 0.760. The molecule has 8 nitrogen and oxygen atoms in total. The molecule has 0 saturated heterocycles. The topological polar surface area (TPSA) is 110 Å². The second kappa shape index (κ2) is 6.80. The molecular formula is C13H13ClN4O4S. The van der Waals surface area contributed by atoms with Gasteiger partial charge in [0.15, 0.2) is 11.6 Å². The number of halogens is 1. The van der Waals surface area contributed by atoms with Crippen molar-refractivity contribution in [3.63, 3.8) is 0 Å². The predicted octanol–water partition coefficient (Wildman–Crippen LogP) is 2.03. The van der Waals surface area contributed by atoms with E-state index in [0.29, 0.717) is 22.1 Å². The SMILES string of the molecule is COC(=O)c1ccc(Cl)c(Nc2ccc(NS(C)(=O)=O)nn2)c1. The van der Waals surface area contributed by atoms with Gasteiger partial charge >= 0.3 is 5.97 Å². The van der Waals surface area contributed by atoms with E-state index in [4.69, 9.17) is 11.6 Å². The first-order valence-corrected chi connectivity index (χ1v) is 8.52. The van der Waals surface area contributed by atoms with Crippen LogP contribution < -0.4 is 10.0 Å². The summed E-state index contributed by atoms with van der Waals surface area (Å²) in [4.78, 5) is 11.5. The molecule has 2 aromatic rings. The number of hydrogen-bond acceptors (Lipinski definition) is 7. The van der Waals surface area contributed by atoms with Gasteiger partial charge in [0.25, 0.3) is 0 Å². The third-order valence-corrected chi connectivity index (χ3v) is 3.51. The Kier molecular flexibility index (Phi) is 5.02. The fraction of sp³-hybridized carbons (Fsp3) is 0.154. The first kappa shape index (κ1) is 17.0. The maximum Gasteiger partial charge on any atom is 0.337 e. The van der Waals surface area contributed by atoms with Crippen molar-refractivity contribution in [1.82, 2.24) is 10.2 Å². The minimum absolute atomic E-state index is 0.0902. The van der Waals surface area contributed by atoms with Crippen LogP contribution in [-0.4, -0.2) is 38.0 Å². The Morgan fingerprint density at radius 1 is 1.17 bits per heavy atom. The number of carbonyl (C=O) groups excluding carboxylic acids is 1. The lowest BCUT2D eigenvalue weighted by Crippen LogP contribution is -2.11. The van der Waals surface area contributed by atoms with Crippen LogP contribution in [0.4, 0.5) is 17.3 Å². The zero-order valence-corrected chi connectivity index (χ0v) is 13.8. The highest BCUT2D eigenvalue weighted by atomic mass is 35.5. The third-order valence-electron chi connectivity index (χ3n) is 2.60. The highest BCUT2D eigenvalue weighted by Crippen LogP contribution is 2.26. The molecule has 0 aliphatic carbocycles. The van der Waals surface area contributed by atoms with Crippen LogP contribution in [0.3, 0.4) is 0 Å². The summed E-state index contributed by atoms with van der Waals surface area (Å²) < 4.78 is 29.0. The molecule has 0 aliphatic rings. The van der Waals surface area contributed by atoms with Gasteiger partial charge in [-0.1, -0.05) is 11.6 Å². The van der Waals surface area contributed by atoms with E-state index < -0.39 is 16.0 Å². The highest BCUT2D eigenvalue weighted by molar-refractivity contribution is 7.92. The molecule has 0 fully saturated rings. The summed E-state index contributed by atoms with van der Waals surface area (Å²) in [6.45, 7) is 0. The van der Waals surface area contributed by atoms with Crippen LogP contribution in [0.25, 0.3) is 0 Å². The Balaban J connectivity index is 2.20. The number of aromatic nitrogens is 2. The molecule has 1 aromatic heterocycles. The molecule has 0 unspecified atom stereocenters. The maximum atomic E-state index is 11.5. The van der Waals surface area contributed by atoms with Gasteiger partial charge in [0.2, 0.25) is 10.0 Å². The average molecular weight is 357 g/mol. The Labute approximate surface area is 137 Å². The molecule has 122 valence electrons. The summed E-state index contributed by atoms with van der Waals surface area (Å²) in [7, 11) is -2.14. The minimum atomic E-state index is -3.42. The van der Waals surface area contributed by atoms with Gasteiger partial charge in [-0.2, -0.15) is 0 Å². The molecule has 0 radical (unpaired) electrons. The summed E-state index contributed by atoms with van der Waals surface area (Å²) >= 11 is 6.06. The number of ether oxygens (including phenoxy) is 1. The second-order valence-electron chi connectivity index (χ2n) is 4.49. The van der Waals surface area contributed by atoms with Crippen molar-refractivity contribution in [3.8, 4) is 0 Å². The zero-order chi connectivity index (χ0) is 17.0.